The molecule has 0 spiro atoms. The number of halogens is 3. The maximum Gasteiger partial charge on any atom is 0.471 e. The lowest BCUT2D eigenvalue weighted by atomic mass is 10.2. The van der Waals surface area contributed by atoms with Gasteiger partial charge in [0.25, 0.3) is 0 Å². The lowest BCUT2D eigenvalue weighted by Crippen LogP contribution is -2.43. The highest BCUT2D eigenvalue weighted by molar-refractivity contribution is 5.88. The van der Waals surface area contributed by atoms with E-state index in [1.165, 1.54) is 18.3 Å². The molecule has 0 radical (unpaired) electrons. The van der Waals surface area contributed by atoms with Gasteiger partial charge < -0.3 is 14.9 Å². The quantitative estimate of drug-likeness (QED) is 0.892. The predicted molar refractivity (Wildman–Crippen MR) is 70.7 cm³/mol. The molecule has 1 aliphatic heterocycles. The van der Waals surface area contributed by atoms with Crippen LogP contribution in [0.15, 0.2) is 18.3 Å². The minimum Gasteiger partial charge on any atom is -0.478 e. The van der Waals surface area contributed by atoms with Crippen molar-refractivity contribution in [2.24, 2.45) is 0 Å². The molecule has 0 atom stereocenters. The summed E-state index contributed by atoms with van der Waals surface area (Å²) in [7, 11) is 0. The second-order valence-electron chi connectivity index (χ2n) is 4.84. The first kappa shape index (κ1) is 16.1. The summed E-state index contributed by atoms with van der Waals surface area (Å²) in [5.41, 5.74) is 0.0532. The van der Waals surface area contributed by atoms with Gasteiger partial charge in [-0.3, -0.25) is 4.79 Å². The molecule has 22 heavy (non-hydrogen) atoms. The van der Waals surface area contributed by atoms with Crippen molar-refractivity contribution in [3.05, 3.63) is 23.9 Å². The maximum atomic E-state index is 12.4. The Morgan fingerprint density at radius 3 is 2.55 bits per heavy atom. The van der Waals surface area contributed by atoms with Gasteiger partial charge in [-0.1, -0.05) is 0 Å². The summed E-state index contributed by atoms with van der Waals surface area (Å²) < 4.78 is 37.3. The third kappa shape index (κ3) is 3.66. The summed E-state index contributed by atoms with van der Waals surface area (Å²) in [5.74, 6) is -2.57. The van der Waals surface area contributed by atoms with Crippen molar-refractivity contribution in [2.45, 2.75) is 12.6 Å². The van der Waals surface area contributed by atoms with Crippen LogP contribution in [0, 0.1) is 0 Å². The molecule has 1 fully saturated rings. The van der Waals surface area contributed by atoms with Crippen LogP contribution >= 0.6 is 0 Å². The Labute approximate surface area is 124 Å². The van der Waals surface area contributed by atoms with Crippen LogP contribution in [0.3, 0.4) is 0 Å². The maximum absolute atomic E-state index is 12.4. The summed E-state index contributed by atoms with van der Waals surface area (Å²) in [5, 5.41) is 8.94. The van der Waals surface area contributed by atoms with Crippen LogP contribution in [0.25, 0.3) is 0 Å². The summed E-state index contributed by atoms with van der Waals surface area (Å²) in [6.45, 7) is 0.486. The molecular weight excluding hydrogens is 303 g/mol. The molecule has 120 valence electrons. The molecule has 1 aromatic rings. The van der Waals surface area contributed by atoms with Crippen molar-refractivity contribution in [3.8, 4) is 0 Å². The first-order valence-electron chi connectivity index (χ1n) is 6.59. The average molecular weight is 317 g/mol. The van der Waals surface area contributed by atoms with Gasteiger partial charge in [0.15, 0.2) is 0 Å². The van der Waals surface area contributed by atoms with Crippen molar-refractivity contribution in [1.29, 1.82) is 0 Å². The Kier molecular flexibility index (Phi) is 4.53. The van der Waals surface area contributed by atoms with E-state index in [2.05, 4.69) is 4.98 Å². The van der Waals surface area contributed by atoms with Crippen LogP contribution in [0.4, 0.5) is 19.0 Å². The van der Waals surface area contributed by atoms with Crippen LogP contribution < -0.4 is 4.90 Å². The Hall–Kier alpha value is -2.32. The number of aromatic nitrogens is 1. The van der Waals surface area contributed by atoms with E-state index in [4.69, 9.17) is 5.11 Å². The zero-order valence-corrected chi connectivity index (χ0v) is 11.5. The van der Waals surface area contributed by atoms with Gasteiger partial charge in [-0.25, -0.2) is 9.78 Å². The van der Waals surface area contributed by atoms with Gasteiger partial charge in [0.2, 0.25) is 0 Å². The Balaban J connectivity index is 2.09. The fourth-order valence-electron chi connectivity index (χ4n) is 2.25. The smallest absolute Gasteiger partial charge is 0.471 e. The van der Waals surface area contributed by atoms with Gasteiger partial charge in [0.1, 0.15) is 5.82 Å². The summed E-state index contributed by atoms with van der Waals surface area (Å²) in [4.78, 5) is 28.7. The molecule has 2 heterocycles. The zero-order valence-electron chi connectivity index (χ0n) is 11.5. The van der Waals surface area contributed by atoms with Crippen molar-refractivity contribution >= 4 is 17.7 Å². The summed E-state index contributed by atoms with van der Waals surface area (Å²) >= 11 is 0. The summed E-state index contributed by atoms with van der Waals surface area (Å²) in [6, 6.07) is 2.70. The lowest BCUT2D eigenvalue weighted by Gasteiger charge is -2.23. The number of anilines is 1. The highest BCUT2D eigenvalue weighted by Gasteiger charge is 2.42. The number of carboxylic acid groups (broad SMARTS) is 1. The Morgan fingerprint density at radius 1 is 1.18 bits per heavy atom. The molecule has 6 nitrogen and oxygen atoms in total. The van der Waals surface area contributed by atoms with E-state index in [1.807, 2.05) is 0 Å². The van der Waals surface area contributed by atoms with Gasteiger partial charge >= 0.3 is 18.1 Å². The molecule has 1 aromatic heterocycles. The second kappa shape index (κ2) is 6.20. The topological polar surface area (TPSA) is 73.7 Å². The molecule has 1 saturated heterocycles. The van der Waals surface area contributed by atoms with E-state index in [1.54, 1.807) is 4.90 Å². The Bertz CT molecular complexity index is 577. The number of nitrogens with zero attached hydrogens (tertiary/aromatic N) is 3. The van der Waals surface area contributed by atoms with Crippen LogP contribution in [-0.2, 0) is 4.79 Å². The molecule has 1 amide bonds. The number of pyridine rings is 1. The van der Waals surface area contributed by atoms with Crippen LogP contribution in [0.2, 0.25) is 0 Å². The number of amides is 1. The number of carbonyl (C=O) groups excluding carboxylic acids is 1. The number of rotatable bonds is 2. The molecular formula is C13H14F3N3O3. The molecule has 0 saturated carbocycles. The van der Waals surface area contributed by atoms with E-state index in [9.17, 15) is 22.8 Å². The predicted octanol–water partition coefficient (Wildman–Crippen LogP) is 1.38. The van der Waals surface area contributed by atoms with Crippen LogP contribution in [0.1, 0.15) is 16.8 Å². The summed E-state index contributed by atoms with van der Waals surface area (Å²) in [6.07, 6.45) is -3.19. The fraction of sp³-hybridized carbons (Fsp3) is 0.462. The van der Waals surface area contributed by atoms with E-state index < -0.39 is 18.1 Å². The molecule has 9 heteroatoms. The highest BCUT2D eigenvalue weighted by atomic mass is 19.4. The number of hydrogen-bond donors (Lipinski definition) is 1. The number of hydrogen-bond acceptors (Lipinski definition) is 4. The fourth-order valence-corrected chi connectivity index (χ4v) is 2.25. The van der Waals surface area contributed by atoms with E-state index in [0.29, 0.717) is 18.8 Å². The van der Waals surface area contributed by atoms with Gasteiger partial charge in [-0.2, -0.15) is 13.2 Å². The first-order valence-corrected chi connectivity index (χ1v) is 6.59. The second-order valence-corrected chi connectivity index (χ2v) is 4.84. The van der Waals surface area contributed by atoms with E-state index in [-0.39, 0.29) is 25.2 Å². The molecule has 0 aliphatic carbocycles. The SMILES string of the molecule is O=C(O)c1ccnc(N2CCCN(C(=O)C(F)(F)F)CC2)c1. The van der Waals surface area contributed by atoms with Gasteiger partial charge in [0.05, 0.1) is 5.56 Å². The molecule has 1 N–H and O–H groups in total. The highest BCUT2D eigenvalue weighted by Crippen LogP contribution is 2.21. The zero-order chi connectivity index (χ0) is 16.3. The minimum atomic E-state index is -4.88. The number of carbonyl (C=O) groups is 2. The molecule has 0 unspecified atom stereocenters. The van der Waals surface area contributed by atoms with Crippen molar-refractivity contribution in [3.63, 3.8) is 0 Å². The third-order valence-corrected chi connectivity index (χ3v) is 3.34. The van der Waals surface area contributed by atoms with Crippen LogP contribution in [-0.4, -0.2) is 59.2 Å². The van der Waals surface area contributed by atoms with Gasteiger partial charge in [-0.05, 0) is 18.6 Å². The van der Waals surface area contributed by atoms with Crippen LogP contribution in [0.5, 0.6) is 0 Å². The molecule has 0 bridgehead atoms. The molecule has 0 aromatic carbocycles. The van der Waals surface area contributed by atoms with Crippen molar-refractivity contribution in [2.75, 3.05) is 31.1 Å². The van der Waals surface area contributed by atoms with Crippen molar-refractivity contribution < 1.29 is 27.9 Å². The molecule has 1 aliphatic rings. The normalized spacial score (nSPS) is 16.3. The lowest BCUT2D eigenvalue weighted by molar-refractivity contribution is -0.185. The standard InChI is InChI=1S/C13H14F3N3O3/c14-13(15,16)12(22)19-5-1-4-18(6-7-19)10-8-9(11(20)21)2-3-17-10/h2-3,8H,1,4-7H2,(H,20,21). The third-order valence-electron chi connectivity index (χ3n) is 3.34. The first-order chi connectivity index (χ1) is 10.3. The van der Waals surface area contributed by atoms with Gasteiger partial charge in [-0.15, -0.1) is 0 Å². The number of aromatic carboxylic acids is 1. The number of alkyl halides is 3. The van der Waals surface area contributed by atoms with E-state index >= 15 is 0 Å². The number of carboxylic acids is 1. The Morgan fingerprint density at radius 2 is 1.91 bits per heavy atom. The van der Waals surface area contributed by atoms with E-state index in [0.717, 1.165) is 4.90 Å². The van der Waals surface area contributed by atoms with Gasteiger partial charge in [0, 0.05) is 32.4 Å². The average Bonchev–Trinajstić information content (AvgIpc) is 2.71. The monoisotopic (exact) mass is 317 g/mol. The van der Waals surface area contributed by atoms with Crippen molar-refractivity contribution in [1.82, 2.24) is 9.88 Å². The minimum absolute atomic E-state index is 0.00741. The largest absolute Gasteiger partial charge is 0.478 e. The molecule has 2 rings (SSSR count).